The van der Waals surface area contributed by atoms with Crippen molar-refractivity contribution in [3.8, 4) is 0 Å². The van der Waals surface area contributed by atoms with Crippen LogP contribution >= 0.6 is 0 Å². The summed E-state index contributed by atoms with van der Waals surface area (Å²) in [5.74, 6) is 3.05. The molecule has 13 heavy (non-hydrogen) atoms. The van der Waals surface area contributed by atoms with E-state index in [1.54, 1.807) is 0 Å². The van der Waals surface area contributed by atoms with E-state index in [-0.39, 0.29) is 0 Å². The maximum absolute atomic E-state index is 2.63. The smallest absolute Gasteiger partial charge is 0.00696 e. The quantitative estimate of drug-likeness (QED) is 0.644. The van der Waals surface area contributed by atoms with E-state index in [9.17, 15) is 0 Å². The van der Waals surface area contributed by atoms with Gasteiger partial charge in [-0.2, -0.15) is 0 Å². The zero-order valence-corrected chi connectivity index (χ0v) is 9.29. The predicted octanol–water partition coefficient (Wildman–Crippen LogP) is 2.76. The highest BCUT2D eigenvalue weighted by Crippen LogP contribution is 2.47. The Morgan fingerprint density at radius 2 is 1.92 bits per heavy atom. The van der Waals surface area contributed by atoms with E-state index in [4.69, 9.17) is 0 Å². The largest absolute Gasteiger partial charge is 0.301 e. The van der Waals surface area contributed by atoms with Gasteiger partial charge >= 0.3 is 0 Å². The first-order chi connectivity index (χ1) is 6.18. The summed E-state index contributed by atoms with van der Waals surface area (Å²) >= 11 is 0. The Balaban J connectivity index is 1.68. The Kier molecular flexibility index (Phi) is 2.64. The van der Waals surface area contributed by atoms with Gasteiger partial charge in [-0.05, 0) is 57.0 Å². The first-order valence-corrected chi connectivity index (χ1v) is 5.92. The van der Waals surface area contributed by atoms with Gasteiger partial charge in [-0.1, -0.05) is 13.8 Å². The van der Waals surface area contributed by atoms with Crippen LogP contribution in [-0.2, 0) is 0 Å². The minimum Gasteiger partial charge on any atom is -0.301 e. The van der Waals surface area contributed by atoms with E-state index in [0.29, 0.717) is 0 Å². The standard InChI is InChI=1S/C12H23N/c1-9(2)12-8-11(12)7-10(3)13-5-4-6-13/h9-12H,4-8H2,1-3H3. The molecule has 0 N–H and O–H groups in total. The van der Waals surface area contributed by atoms with Crippen molar-refractivity contribution in [3.63, 3.8) is 0 Å². The van der Waals surface area contributed by atoms with Crippen molar-refractivity contribution < 1.29 is 0 Å². The maximum atomic E-state index is 2.63. The minimum absolute atomic E-state index is 0.863. The molecule has 1 aliphatic heterocycles. The van der Waals surface area contributed by atoms with Crippen molar-refractivity contribution >= 4 is 0 Å². The molecule has 1 saturated carbocycles. The summed E-state index contributed by atoms with van der Waals surface area (Å²) in [6.45, 7) is 9.88. The van der Waals surface area contributed by atoms with Crippen molar-refractivity contribution in [3.05, 3.63) is 0 Å². The summed E-state index contributed by atoms with van der Waals surface area (Å²) in [4.78, 5) is 2.63. The molecule has 1 heteroatoms. The first-order valence-electron chi connectivity index (χ1n) is 5.92. The number of hydrogen-bond donors (Lipinski definition) is 0. The van der Waals surface area contributed by atoms with Gasteiger partial charge in [0.25, 0.3) is 0 Å². The maximum Gasteiger partial charge on any atom is 0.00696 e. The van der Waals surface area contributed by atoms with Crippen molar-refractivity contribution in [1.29, 1.82) is 0 Å². The van der Waals surface area contributed by atoms with Gasteiger partial charge in [0.1, 0.15) is 0 Å². The molecule has 2 fully saturated rings. The second-order valence-electron chi connectivity index (χ2n) is 5.38. The second-order valence-corrected chi connectivity index (χ2v) is 5.38. The minimum atomic E-state index is 0.863. The fourth-order valence-corrected chi connectivity index (χ4v) is 2.73. The molecule has 3 atom stereocenters. The van der Waals surface area contributed by atoms with Crippen LogP contribution < -0.4 is 0 Å². The SMILES string of the molecule is CC(C)C1CC1CC(C)N1CCC1. The van der Waals surface area contributed by atoms with Crippen LogP contribution in [0.1, 0.15) is 40.0 Å². The average molecular weight is 181 g/mol. The highest BCUT2D eigenvalue weighted by Gasteiger charge is 2.40. The zero-order chi connectivity index (χ0) is 9.42. The molecule has 1 saturated heterocycles. The molecule has 1 aliphatic carbocycles. The van der Waals surface area contributed by atoms with Crippen molar-refractivity contribution in [2.45, 2.75) is 46.1 Å². The summed E-state index contributed by atoms with van der Waals surface area (Å²) in [7, 11) is 0. The summed E-state index contributed by atoms with van der Waals surface area (Å²) in [6, 6.07) is 0.863. The van der Waals surface area contributed by atoms with Crippen molar-refractivity contribution in [1.82, 2.24) is 4.90 Å². The van der Waals surface area contributed by atoms with Crippen LogP contribution in [0.3, 0.4) is 0 Å². The molecule has 1 heterocycles. The molecule has 0 aromatic heterocycles. The zero-order valence-electron chi connectivity index (χ0n) is 9.29. The molecule has 2 rings (SSSR count). The lowest BCUT2D eigenvalue weighted by Crippen LogP contribution is -2.43. The van der Waals surface area contributed by atoms with Gasteiger partial charge in [-0.15, -0.1) is 0 Å². The lowest BCUT2D eigenvalue weighted by atomic mass is 10.0. The van der Waals surface area contributed by atoms with E-state index in [0.717, 1.165) is 23.8 Å². The van der Waals surface area contributed by atoms with Crippen molar-refractivity contribution in [2.24, 2.45) is 17.8 Å². The molecule has 76 valence electrons. The van der Waals surface area contributed by atoms with Gasteiger partial charge in [0, 0.05) is 6.04 Å². The highest BCUT2D eigenvalue weighted by atomic mass is 15.2. The van der Waals surface area contributed by atoms with Crippen LogP contribution in [0, 0.1) is 17.8 Å². The van der Waals surface area contributed by atoms with E-state index in [1.165, 1.54) is 32.4 Å². The van der Waals surface area contributed by atoms with Crippen LogP contribution in [0.15, 0.2) is 0 Å². The average Bonchev–Trinajstić information content (AvgIpc) is 2.62. The van der Waals surface area contributed by atoms with Gasteiger partial charge in [-0.3, -0.25) is 0 Å². The van der Waals surface area contributed by atoms with Crippen LogP contribution in [0.2, 0.25) is 0 Å². The topological polar surface area (TPSA) is 3.24 Å². The predicted molar refractivity (Wildman–Crippen MR) is 56.7 cm³/mol. The Bertz CT molecular complexity index is 172. The molecular formula is C12H23N. The fourth-order valence-electron chi connectivity index (χ4n) is 2.73. The van der Waals surface area contributed by atoms with Crippen LogP contribution in [0.25, 0.3) is 0 Å². The van der Waals surface area contributed by atoms with Gasteiger partial charge in [0.2, 0.25) is 0 Å². The Morgan fingerprint density at radius 1 is 1.23 bits per heavy atom. The van der Waals surface area contributed by atoms with Crippen LogP contribution in [0.4, 0.5) is 0 Å². The van der Waals surface area contributed by atoms with E-state index in [2.05, 4.69) is 25.7 Å². The summed E-state index contributed by atoms with van der Waals surface area (Å²) in [5, 5.41) is 0. The number of nitrogens with zero attached hydrogens (tertiary/aromatic N) is 1. The Morgan fingerprint density at radius 3 is 2.31 bits per heavy atom. The molecule has 1 nitrogen and oxygen atoms in total. The lowest BCUT2D eigenvalue weighted by Gasteiger charge is -2.36. The molecule has 2 aliphatic rings. The monoisotopic (exact) mass is 181 g/mol. The van der Waals surface area contributed by atoms with Gasteiger partial charge < -0.3 is 4.90 Å². The summed E-state index contributed by atoms with van der Waals surface area (Å²) in [5.41, 5.74) is 0. The molecule has 0 bridgehead atoms. The Labute approximate surface area is 82.5 Å². The molecule has 0 amide bonds. The van der Waals surface area contributed by atoms with E-state index in [1.807, 2.05) is 0 Å². The number of likely N-dealkylation sites (tertiary alicyclic amines) is 1. The first kappa shape index (κ1) is 9.51. The summed E-state index contributed by atoms with van der Waals surface area (Å²) in [6.07, 6.45) is 4.40. The van der Waals surface area contributed by atoms with Gasteiger partial charge in [0.05, 0.1) is 0 Å². The van der Waals surface area contributed by atoms with E-state index < -0.39 is 0 Å². The van der Waals surface area contributed by atoms with Gasteiger partial charge in [0.15, 0.2) is 0 Å². The molecule has 0 radical (unpaired) electrons. The number of rotatable bonds is 4. The van der Waals surface area contributed by atoms with Crippen molar-refractivity contribution in [2.75, 3.05) is 13.1 Å². The van der Waals surface area contributed by atoms with Crippen LogP contribution in [-0.4, -0.2) is 24.0 Å². The molecule has 0 aromatic carbocycles. The van der Waals surface area contributed by atoms with E-state index >= 15 is 0 Å². The second kappa shape index (κ2) is 3.61. The Hall–Kier alpha value is -0.0400. The normalized spacial score (nSPS) is 36.0. The summed E-state index contributed by atoms with van der Waals surface area (Å²) < 4.78 is 0. The molecule has 3 unspecified atom stereocenters. The third kappa shape index (κ3) is 2.07. The molecule has 0 spiro atoms. The van der Waals surface area contributed by atoms with Gasteiger partial charge in [-0.25, -0.2) is 0 Å². The lowest BCUT2D eigenvalue weighted by molar-refractivity contribution is 0.117. The molecule has 0 aromatic rings. The third-order valence-corrected chi connectivity index (χ3v) is 3.99. The third-order valence-electron chi connectivity index (χ3n) is 3.99. The number of hydrogen-bond acceptors (Lipinski definition) is 1. The fraction of sp³-hybridized carbons (Fsp3) is 1.00. The van der Waals surface area contributed by atoms with Crippen LogP contribution in [0.5, 0.6) is 0 Å². The molecular weight excluding hydrogens is 158 g/mol. The highest BCUT2D eigenvalue weighted by molar-refractivity contribution is 4.91.